The van der Waals surface area contributed by atoms with Crippen molar-refractivity contribution in [2.75, 3.05) is 37.4 Å². The topological polar surface area (TPSA) is 115 Å². The molecule has 2 N–H and O–H groups in total. The highest BCUT2D eigenvalue weighted by atomic mass is 16.5. The zero-order valence-corrected chi connectivity index (χ0v) is 23.2. The lowest BCUT2D eigenvalue weighted by Gasteiger charge is -2.27. The summed E-state index contributed by atoms with van der Waals surface area (Å²) in [7, 11) is 1.53. The molecular weight excluding hydrogens is 522 g/mol. The summed E-state index contributed by atoms with van der Waals surface area (Å²) < 4.78 is 8.11. The Labute approximate surface area is 237 Å². The van der Waals surface area contributed by atoms with Crippen LogP contribution in [0.2, 0.25) is 0 Å². The Balaban J connectivity index is 1.52. The summed E-state index contributed by atoms with van der Waals surface area (Å²) in [4.78, 5) is 54.4. The Bertz CT molecular complexity index is 1720. The number of urea groups is 1. The average molecular weight is 556 g/mol. The zero-order valence-electron chi connectivity index (χ0n) is 23.2. The van der Waals surface area contributed by atoms with E-state index in [4.69, 9.17) is 4.74 Å². The second-order valence-electron chi connectivity index (χ2n) is 10.1. The summed E-state index contributed by atoms with van der Waals surface area (Å²) in [6.45, 7) is 4.53. The van der Waals surface area contributed by atoms with Gasteiger partial charge in [-0.2, -0.15) is 0 Å². The van der Waals surface area contributed by atoms with E-state index in [1.807, 2.05) is 0 Å². The number of carbonyl (C=O) groups is 2. The molecule has 10 nitrogen and oxygen atoms in total. The normalized spacial score (nSPS) is 13.6. The van der Waals surface area contributed by atoms with Crippen LogP contribution in [0.15, 0.2) is 76.3 Å². The molecule has 41 heavy (non-hydrogen) atoms. The smallest absolute Gasteiger partial charge is 0.336 e. The number of ketones is 1. The summed E-state index contributed by atoms with van der Waals surface area (Å²) in [6, 6.07) is 17.9. The standard InChI is InChI=1S/C31H33N5O5/c1-21(37)22-8-6-9-23(18-22)32-30(39)33-24-12-13-28-27(19-24)29(38)36(25-10-7-11-26(20-25)41-2)31(40)35(28)17-16-34-14-4-3-5-15-34/h6-13,18-20H,3-5,14-17H2,1-2H3,(H2,32,33,39). The van der Waals surface area contributed by atoms with E-state index in [0.29, 0.717) is 52.4 Å². The van der Waals surface area contributed by atoms with Gasteiger partial charge in [-0.3, -0.25) is 14.2 Å². The van der Waals surface area contributed by atoms with Gasteiger partial charge in [0.1, 0.15) is 5.75 Å². The summed E-state index contributed by atoms with van der Waals surface area (Å²) in [5.74, 6) is 0.414. The molecule has 0 aliphatic carbocycles. The van der Waals surface area contributed by atoms with Crippen LogP contribution in [0.4, 0.5) is 16.2 Å². The molecule has 0 spiro atoms. The minimum absolute atomic E-state index is 0.109. The molecule has 0 bridgehead atoms. The summed E-state index contributed by atoms with van der Waals surface area (Å²) >= 11 is 0. The molecule has 1 aliphatic heterocycles. The van der Waals surface area contributed by atoms with Gasteiger partial charge in [0.15, 0.2) is 5.78 Å². The number of rotatable bonds is 8. The van der Waals surface area contributed by atoms with E-state index < -0.39 is 17.3 Å². The SMILES string of the molecule is COc1cccc(-n2c(=O)c3cc(NC(=O)Nc4cccc(C(C)=O)c4)ccc3n(CCN3CCCCC3)c2=O)c1. The summed E-state index contributed by atoms with van der Waals surface area (Å²) in [5.41, 5.74) is 1.29. The second-order valence-corrected chi connectivity index (χ2v) is 10.1. The van der Waals surface area contributed by atoms with Crippen LogP contribution in [0, 0.1) is 0 Å². The number of piperidine rings is 1. The van der Waals surface area contributed by atoms with Crippen molar-refractivity contribution in [2.45, 2.75) is 32.7 Å². The first-order valence-electron chi connectivity index (χ1n) is 13.7. The molecule has 1 aromatic heterocycles. The second kappa shape index (κ2) is 12.2. The van der Waals surface area contributed by atoms with Crippen molar-refractivity contribution in [1.82, 2.24) is 14.0 Å². The fourth-order valence-electron chi connectivity index (χ4n) is 5.18. The molecule has 1 saturated heterocycles. The number of benzene rings is 3. The van der Waals surface area contributed by atoms with E-state index >= 15 is 0 Å². The first-order chi connectivity index (χ1) is 19.8. The van der Waals surface area contributed by atoms with Crippen LogP contribution in [0.25, 0.3) is 16.6 Å². The number of aromatic nitrogens is 2. The number of hydrogen-bond acceptors (Lipinski definition) is 6. The van der Waals surface area contributed by atoms with Gasteiger partial charge < -0.3 is 20.3 Å². The van der Waals surface area contributed by atoms with Crippen LogP contribution >= 0.6 is 0 Å². The lowest BCUT2D eigenvalue weighted by molar-refractivity contribution is 0.101. The van der Waals surface area contributed by atoms with Crippen molar-refractivity contribution in [3.63, 3.8) is 0 Å². The lowest BCUT2D eigenvalue weighted by Crippen LogP contribution is -2.41. The highest BCUT2D eigenvalue weighted by molar-refractivity contribution is 6.02. The third-order valence-corrected chi connectivity index (χ3v) is 7.33. The number of fused-ring (bicyclic) bond motifs is 1. The number of amides is 2. The molecule has 1 aliphatic rings. The molecule has 0 unspecified atom stereocenters. The van der Waals surface area contributed by atoms with Crippen molar-refractivity contribution in [3.05, 3.63) is 93.1 Å². The maximum absolute atomic E-state index is 13.8. The molecule has 0 radical (unpaired) electrons. The van der Waals surface area contributed by atoms with Crippen molar-refractivity contribution >= 4 is 34.1 Å². The number of ether oxygens (including phenoxy) is 1. The quantitative estimate of drug-likeness (QED) is 0.310. The molecule has 212 valence electrons. The Morgan fingerprint density at radius 3 is 2.32 bits per heavy atom. The lowest BCUT2D eigenvalue weighted by atomic mass is 10.1. The van der Waals surface area contributed by atoms with Crippen LogP contribution < -0.4 is 26.6 Å². The van der Waals surface area contributed by atoms with E-state index in [1.54, 1.807) is 71.3 Å². The van der Waals surface area contributed by atoms with Gasteiger partial charge in [-0.05, 0) is 75.3 Å². The Morgan fingerprint density at radius 2 is 1.59 bits per heavy atom. The number of methoxy groups -OCH3 is 1. The Morgan fingerprint density at radius 1 is 0.854 bits per heavy atom. The van der Waals surface area contributed by atoms with Crippen LogP contribution in [0.5, 0.6) is 5.75 Å². The summed E-state index contributed by atoms with van der Waals surface area (Å²) in [6.07, 6.45) is 3.48. The minimum atomic E-state index is -0.531. The maximum atomic E-state index is 13.8. The third kappa shape index (κ3) is 6.22. The number of nitrogens with zero attached hydrogens (tertiary/aromatic N) is 3. The molecule has 5 rings (SSSR count). The fraction of sp³-hybridized carbons (Fsp3) is 0.290. The number of Topliss-reactive ketones (excluding diaryl/α,β-unsaturated/α-hetero) is 1. The molecule has 4 aromatic rings. The highest BCUT2D eigenvalue weighted by Gasteiger charge is 2.18. The van der Waals surface area contributed by atoms with Crippen molar-refractivity contribution in [2.24, 2.45) is 0 Å². The zero-order chi connectivity index (χ0) is 28.9. The van der Waals surface area contributed by atoms with Crippen LogP contribution in [0.1, 0.15) is 36.5 Å². The van der Waals surface area contributed by atoms with Crippen LogP contribution in [0.3, 0.4) is 0 Å². The highest BCUT2D eigenvalue weighted by Crippen LogP contribution is 2.20. The largest absolute Gasteiger partial charge is 0.497 e. The van der Waals surface area contributed by atoms with Gasteiger partial charge in [-0.25, -0.2) is 14.2 Å². The number of hydrogen-bond donors (Lipinski definition) is 2. The maximum Gasteiger partial charge on any atom is 0.336 e. The molecule has 2 heterocycles. The van der Waals surface area contributed by atoms with E-state index in [9.17, 15) is 19.2 Å². The van der Waals surface area contributed by atoms with Gasteiger partial charge in [-0.1, -0.05) is 24.6 Å². The van der Waals surface area contributed by atoms with E-state index in [0.717, 1.165) is 30.5 Å². The molecule has 10 heteroatoms. The first kappa shape index (κ1) is 27.9. The van der Waals surface area contributed by atoms with Gasteiger partial charge in [-0.15, -0.1) is 0 Å². The van der Waals surface area contributed by atoms with Crippen molar-refractivity contribution in [3.8, 4) is 11.4 Å². The van der Waals surface area contributed by atoms with Crippen LogP contribution in [-0.2, 0) is 6.54 Å². The van der Waals surface area contributed by atoms with Gasteiger partial charge in [0.25, 0.3) is 5.56 Å². The van der Waals surface area contributed by atoms with E-state index in [-0.39, 0.29) is 5.78 Å². The summed E-state index contributed by atoms with van der Waals surface area (Å²) in [5, 5.41) is 5.76. The van der Waals surface area contributed by atoms with Gasteiger partial charge in [0.05, 0.1) is 23.7 Å². The molecule has 2 amide bonds. The predicted molar refractivity (Wildman–Crippen MR) is 160 cm³/mol. The van der Waals surface area contributed by atoms with E-state index in [1.165, 1.54) is 20.5 Å². The van der Waals surface area contributed by atoms with Crippen molar-refractivity contribution < 1.29 is 14.3 Å². The molecule has 0 atom stereocenters. The average Bonchev–Trinajstić information content (AvgIpc) is 2.98. The van der Waals surface area contributed by atoms with Crippen molar-refractivity contribution in [1.29, 1.82) is 0 Å². The van der Waals surface area contributed by atoms with Gasteiger partial charge in [0.2, 0.25) is 0 Å². The number of anilines is 2. The van der Waals surface area contributed by atoms with Crippen LogP contribution in [-0.4, -0.2) is 52.6 Å². The first-order valence-corrected chi connectivity index (χ1v) is 13.7. The fourth-order valence-corrected chi connectivity index (χ4v) is 5.18. The molecule has 3 aromatic carbocycles. The number of nitrogens with one attached hydrogen (secondary N) is 2. The Kier molecular flexibility index (Phi) is 8.30. The third-order valence-electron chi connectivity index (χ3n) is 7.33. The predicted octanol–water partition coefficient (Wildman–Crippen LogP) is 4.49. The minimum Gasteiger partial charge on any atom is -0.497 e. The Hall–Kier alpha value is -4.70. The van der Waals surface area contributed by atoms with Gasteiger partial charge in [0, 0.05) is 36.1 Å². The van der Waals surface area contributed by atoms with Gasteiger partial charge >= 0.3 is 11.7 Å². The van der Waals surface area contributed by atoms with E-state index in [2.05, 4.69) is 15.5 Å². The number of likely N-dealkylation sites (tertiary alicyclic amines) is 1. The monoisotopic (exact) mass is 555 g/mol. The molecule has 1 fully saturated rings. The molecular formula is C31H33N5O5. The molecule has 0 saturated carbocycles. The number of carbonyl (C=O) groups excluding carboxylic acids is 2.